The van der Waals surface area contributed by atoms with E-state index >= 15 is 0 Å². The maximum atomic E-state index is 13.2. The van der Waals surface area contributed by atoms with Gasteiger partial charge in [0.25, 0.3) is 0 Å². The molecule has 0 N–H and O–H groups in total. The largest absolute Gasteiger partial charge is 0.476 e. The summed E-state index contributed by atoms with van der Waals surface area (Å²) in [6.07, 6.45) is 1.56. The van der Waals surface area contributed by atoms with Crippen molar-refractivity contribution >= 4 is 28.9 Å². The van der Waals surface area contributed by atoms with Crippen molar-refractivity contribution in [3.8, 4) is 11.3 Å². The summed E-state index contributed by atoms with van der Waals surface area (Å²) in [5, 5.41) is 0.536. The van der Waals surface area contributed by atoms with Gasteiger partial charge in [0.05, 0.1) is 16.3 Å². The van der Waals surface area contributed by atoms with Crippen molar-refractivity contribution in [3.63, 3.8) is 0 Å². The highest BCUT2D eigenvalue weighted by atomic mass is 35.5. The minimum absolute atomic E-state index is 0.0427. The number of benzene rings is 1. The van der Waals surface area contributed by atoms with Crippen molar-refractivity contribution in [1.82, 2.24) is 4.98 Å². The van der Waals surface area contributed by atoms with E-state index in [1.807, 2.05) is 25.1 Å². The molecule has 0 bridgehead atoms. The third-order valence-electron chi connectivity index (χ3n) is 4.41. The van der Waals surface area contributed by atoms with Crippen molar-refractivity contribution < 1.29 is 19.1 Å². The number of pyridine rings is 1. The molecule has 144 valence electrons. The highest BCUT2D eigenvalue weighted by Crippen LogP contribution is 2.39. The van der Waals surface area contributed by atoms with Crippen LogP contribution in [-0.2, 0) is 19.1 Å². The van der Waals surface area contributed by atoms with Crippen molar-refractivity contribution in [2.24, 2.45) is 0 Å². The summed E-state index contributed by atoms with van der Waals surface area (Å²) in [7, 11) is 0. The molecule has 6 heteroatoms. The van der Waals surface area contributed by atoms with Gasteiger partial charge < -0.3 is 9.47 Å². The summed E-state index contributed by atoms with van der Waals surface area (Å²) >= 11 is 5.92. The molecule has 1 aromatic heterocycles. The Hall–Kier alpha value is -2.92. The molecule has 0 atom stereocenters. The first kappa shape index (κ1) is 19.8. The lowest BCUT2D eigenvalue weighted by atomic mass is 9.85. The molecule has 2 aromatic rings. The molecule has 0 radical (unpaired) electrons. The predicted molar refractivity (Wildman–Crippen MR) is 107 cm³/mol. The Morgan fingerprint density at radius 2 is 1.96 bits per heavy atom. The van der Waals surface area contributed by atoms with E-state index in [1.54, 1.807) is 32.2 Å². The summed E-state index contributed by atoms with van der Waals surface area (Å²) in [5.74, 6) is -0.663. The van der Waals surface area contributed by atoms with Gasteiger partial charge >= 0.3 is 5.97 Å². The Labute approximate surface area is 168 Å². The van der Waals surface area contributed by atoms with E-state index in [2.05, 4.69) is 11.6 Å². The van der Waals surface area contributed by atoms with Crippen molar-refractivity contribution in [2.75, 3.05) is 0 Å². The van der Waals surface area contributed by atoms with Gasteiger partial charge in [0, 0.05) is 18.7 Å². The zero-order chi connectivity index (χ0) is 20.6. The molecule has 0 aliphatic carbocycles. The number of Topliss-reactive ketones (excluding diaryl/α,β-unsaturated/α-hetero) is 1. The lowest BCUT2D eigenvalue weighted by molar-refractivity contribution is -0.139. The van der Waals surface area contributed by atoms with Gasteiger partial charge in [0.1, 0.15) is 0 Å². The zero-order valence-corrected chi connectivity index (χ0v) is 16.9. The molecular weight excluding hydrogens is 378 g/mol. The average molecular weight is 398 g/mol. The van der Waals surface area contributed by atoms with Crippen LogP contribution in [0.3, 0.4) is 0 Å². The summed E-state index contributed by atoms with van der Waals surface area (Å²) in [6, 6.07) is 9.18. The monoisotopic (exact) mass is 397 g/mol. The number of aryl methyl sites for hydroxylation is 1. The first-order valence-electron chi connectivity index (χ1n) is 8.69. The van der Waals surface area contributed by atoms with Gasteiger partial charge in [0.2, 0.25) is 5.78 Å². The van der Waals surface area contributed by atoms with E-state index in [9.17, 15) is 9.59 Å². The highest BCUT2D eigenvalue weighted by Gasteiger charge is 2.42. The van der Waals surface area contributed by atoms with E-state index in [0.717, 1.165) is 11.1 Å². The van der Waals surface area contributed by atoms with Gasteiger partial charge in [-0.1, -0.05) is 30.3 Å². The molecule has 5 nitrogen and oxygen atoms in total. The highest BCUT2D eigenvalue weighted by molar-refractivity contribution is 6.30. The Balaban J connectivity index is 2.24. The van der Waals surface area contributed by atoms with Crippen LogP contribution in [0, 0.1) is 6.92 Å². The average Bonchev–Trinajstić information content (AvgIpc) is 2.61. The van der Waals surface area contributed by atoms with Crippen LogP contribution in [0.1, 0.15) is 31.9 Å². The third-order valence-corrected chi connectivity index (χ3v) is 4.63. The topological polar surface area (TPSA) is 65.5 Å². The van der Waals surface area contributed by atoms with Crippen LogP contribution >= 0.6 is 11.6 Å². The van der Waals surface area contributed by atoms with Crippen LogP contribution < -0.4 is 0 Å². The summed E-state index contributed by atoms with van der Waals surface area (Å²) in [5.41, 5.74) is 2.12. The second-order valence-corrected chi connectivity index (χ2v) is 7.49. The van der Waals surface area contributed by atoms with Crippen LogP contribution in [0.2, 0.25) is 5.02 Å². The second-order valence-electron chi connectivity index (χ2n) is 7.05. The minimum Gasteiger partial charge on any atom is -0.476 e. The quantitative estimate of drug-likeness (QED) is 0.691. The molecule has 0 spiro atoms. The van der Waals surface area contributed by atoms with Crippen LogP contribution in [0.15, 0.2) is 54.6 Å². The first-order valence-corrected chi connectivity index (χ1v) is 9.06. The van der Waals surface area contributed by atoms with E-state index in [0.29, 0.717) is 16.3 Å². The lowest BCUT2D eigenvalue weighted by Crippen LogP contribution is -2.40. The molecule has 2 heterocycles. The Bertz CT molecular complexity index is 1020. The fraction of sp³-hybridized carbons (Fsp3) is 0.227. The third kappa shape index (κ3) is 3.71. The smallest absolute Gasteiger partial charge is 0.308 e. The normalized spacial score (nSPS) is 16.0. The van der Waals surface area contributed by atoms with E-state index < -0.39 is 11.6 Å². The van der Waals surface area contributed by atoms with Gasteiger partial charge in [-0.05, 0) is 50.1 Å². The van der Waals surface area contributed by atoms with Crippen molar-refractivity contribution in [1.29, 1.82) is 0 Å². The van der Waals surface area contributed by atoms with Crippen LogP contribution in [-0.4, -0.2) is 22.3 Å². The molecular formula is C22H20ClNO4. The summed E-state index contributed by atoms with van der Waals surface area (Å²) in [6.45, 7) is 10.3. The van der Waals surface area contributed by atoms with Crippen LogP contribution in [0.5, 0.6) is 0 Å². The molecule has 0 saturated carbocycles. The number of halogens is 1. The SMILES string of the molecule is C=C1OC(C)(C)C(=O)C(c2cc(-c3ccc(Cl)cn3)ccc2C)=C1OC(C)=O. The number of carbonyl (C=O) groups excluding carboxylic acids is 2. The number of hydrogen-bond donors (Lipinski definition) is 0. The molecule has 3 rings (SSSR count). The molecule has 0 unspecified atom stereocenters. The predicted octanol–water partition coefficient (Wildman–Crippen LogP) is 4.88. The van der Waals surface area contributed by atoms with E-state index in [-0.39, 0.29) is 22.9 Å². The molecule has 0 fully saturated rings. The fourth-order valence-corrected chi connectivity index (χ4v) is 3.15. The molecule has 0 amide bonds. The number of rotatable bonds is 3. The number of hydrogen-bond acceptors (Lipinski definition) is 5. The summed E-state index contributed by atoms with van der Waals surface area (Å²) in [4.78, 5) is 29.1. The lowest BCUT2D eigenvalue weighted by Gasteiger charge is -2.33. The van der Waals surface area contributed by atoms with Gasteiger partial charge in [-0.15, -0.1) is 0 Å². The standard InChI is InChI=1S/C22H20ClNO4/c1-12-6-7-15(18-9-8-16(23)11-24-18)10-17(12)19-20(27-14(3)25)13(2)28-22(4,5)21(19)26/h6-11H,2H2,1,3-5H3. The van der Waals surface area contributed by atoms with Crippen molar-refractivity contribution in [2.45, 2.75) is 33.3 Å². The molecule has 0 saturated heterocycles. The number of nitrogens with zero attached hydrogens (tertiary/aromatic N) is 1. The second kappa shape index (κ2) is 7.24. The number of aromatic nitrogens is 1. The van der Waals surface area contributed by atoms with Gasteiger partial charge in [-0.3, -0.25) is 14.6 Å². The Morgan fingerprint density at radius 3 is 2.57 bits per heavy atom. The number of esters is 1. The first-order chi connectivity index (χ1) is 13.1. The van der Waals surface area contributed by atoms with E-state index in [1.165, 1.54) is 6.92 Å². The summed E-state index contributed by atoms with van der Waals surface area (Å²) < 4.78 is 10.9. The maximum absolute atomic E-state index is 13.2. The number of ether oxygens (including phenoxy) is 2. The molecule has 28 heavy (non-hydrogen) atoms. The zero-order valence-electron chi connectivity index (χ0n) is 16.1. The molecule has 1 aliphatic rings. The van der Waals surface area contributed by atoms with Gasteiger partial charge in [0.15, 0.2) is 17.1 Å². The fourth-order valence-electron chi connectivity index (χ4n) is 3.04. The Kier molecular flexibility index (Phi) is 5.13. The maximum Gasteiger partial charge on any atom is 0.308 e. The molecule has 1 aromatic carbocycles. The van der Waals surface area contributed by atoms with Crippen LogP contribution in [0.25, 0.3) is 16.8 Å². The minimum atomic E-state index is -1.13. The van der Waals surface area contributed by atoms with Gasteiger partial charge in [-0.25, -0.2) is 0 Å². The van der Waals surface area contributed by atoms with Crippen molar-refractivity contribution in [3.05, 3.63) is 70.8 Å². The van der Waals surface area contributed by atoms with Crippen LogP contribution in [0.4, 0.5) is 0 Å². The Morgan fingerprint density at radius 1 is 1.25 bits per heavy atom. The molecule has 1 aliphatic heterocycles. The van der Waals surface area contributed by atoms with Gasteiger partial charge in [-0.2, -0.15) is 0 Å². The van der Waals surface area contributed by atoms with E-state index in [4.69, 9.17) is 21.1 Å². The number of ketones is 1. The number of carbonyl (C=O) groups is 2.